The van der Waals surface area contributed by atoms with Crippen LogP contribution in [-0.2, 0) is 0 Å². The number of aromatic hydroxyl groups is 1. The van der Waals surface area contributed by atoms with Gasteiger partial charge in [-0.2, -0.15) is 0 Å². The van der Waals surface area contributed by atoms with Gasteiger partial charge in [0.15, 0.2) is 0 Å². The van der Waals surface area contributed by atoms with E-state index in [1.165, 1.54) is 0 Å². The van der Waals surface area contributed by atoms with Crippen molar-refractivity contribution in [2.24, 2.45) is 0 Å². The molecule has 0 fully saturated rings. The highest BCUT2D eigenvalue weighted by molar-refractivity contribution is 6.36. The van der Waals surface area contributed by atoms with E-state index >= 15 is 0 Å². The second-order valence-electron chi connectivity index (χ2n) is 4.01. The predicted octanol–water partition coefficient (Wildman–Crippen LogP) is 2.88. The second-order valence-corrected chi connectivity index (χ2v) is 4.38. The summed E-state index contributed by atoms with van der Waals surface area (Å²) in [5.41, 5.74) is 1.60. The van der Waals surface area contributed by atoms with E-state index < -0.39 is 0 Å². The average molecular weight is 271 g/mol. The van der Waals surface area contributed by atoms with E-state index in [1.807, 2.05) is 13.8 Å². The van der Waals surface area contributed by atoms with Crippen molar-refractivity contribution in [1.29, 1.82) is 0 Å². The molecule has 0 spiro atoms. The number of carbonyl (C=O) groups is 1. The predicted molar refractivity (Wildman–Crippen MR) is 74.7 cm³/mol. The number of carbonyl (C=O) groups excluding carboxylic acids is 1. The van der Waals surface area contributed by atoms with E-state index in [9.17, 15) is 9.90 Å². The standard InChI is InChI=1S/C13H19ClN2O2/c1-5-16(6-2)13(18)10-9(15-4)7-8(3)12(17)11(10)14/h7,15,17H,5-6H2,1-4H3. The van der Waals surface area contributed by atoms with Gasteiger partial charge < -0.3 is 15.3 Å². The number of amides is 1. The highest BCUT2D eigenvalue weighted by Crippen LogP contribution is 2.36. The number of nitrogens with one attached hydrogen (secondary N) is 1. The van der Waals surface area contributed by atoms with Crippen LogP contribution in [0, 0.1) is 6.92 Å². The zero-order valence-electron chi connectivity index (χ0n) is 11.2. The van der Waals surface area contributed by atoms with Gasteiger partial charge in [-0.1, -0.05) is 11.6 Å². The molecule has 0 aliphatic rings. The lowest BCUT2D eigenvalue weighted by Gasteiger charge is -2.22. The van der Waals surface area contributed by atoms with Crippen molar-refractivity contribution < 1.29 is 9.90 Å². The van der Waals surface area contributed by atoms with Crippen molar-refractivity contribution >= 4 is 23.2 Å². The molecule has 0 aliphatic carbocycles. The molecule has 0 unspecified atom stereocenters. The minimum Gasteiger partial charge on any atom is -0.506 e. The summed E-state index contributed by atoms with van der Waals surface area (Å²) in [5, 5.41) is 12.9. The smallest absolute Gasteiger partial charge is 0.257 e. The molecule has 0 bridgehead atoms. The van der Waals surface area contributed by atoms with Crippen molar-refractivity contribution in [2.75, 3.05) is 25.5 Å². The van der Waals surface area contributed by atoms with E-state index in [0.717, 1.165) is 0 Å². The van der Waals surface area contributed by atoms with Crippen molar-refractivity contribution in [3.8, 4) is 5.75 Å². The van der Waals surface area contributed by atoms with Crippen molar-refractivity contribution in [3.05, 3.63) is 22.2 Å². The lowest BCUT2D eigenvalue weighted by molar-refractivity contribution is 0.0773. The van der Waals surface area contributed by atoms with Gasteiger partial charge in [0.1, 0.15) is 5.75 Å². The van der Waals surface area contributed by atoms with Crippen LogP contribution in [0.4, 0.5) is 5.69 Å². The second kappa shape index (κ2) is 5.96. The Morgan fingerprint density at radius 1 is 1.44 bits per heavy atom. The molecule has 1 aromatic carbocycles. The van der Waals surface area contributed by atoms with Crippen LogP contribution in [0.1, 0.15) is 29.8 Å². The molecule has 1 amide bonds. The highest BCUT2D eigenvalue weighted by Gasteiger charge is 2.23. The third kappa shape index (κ3) is 2.53. The van der Waals surface area contributed by atoms with Crippen LogP contribution in [0.25, 0.3) is 0 Å². The molecule has 100 valence electrons. The Kier molecular flexibility index (Phi) is 4.84. The molecular weight excluding hydrogens is 252 g/mol. The quantitative estimate of drug-likeness (QED) is 0.827. The number of rotatable bonds is 4. The van der Waals surface area contributed by atoms with Gasteiger partial charge in [0.25, 0.3) is 5.91 Å². The molecule has 0 radical (unpaired) electrons. The first kappa shape index (κ1) is 14.6. The van der Waals surface area contributed by atoms with Crippen LogP contribution in [0.3, 0.4) is 0 Å². The fourth-order valence-corrected chi connectivity index (χ4v) is 2.17. The molecule has 4 nitrogen and oxygen atoms in total. The number of hydrogen-bond acceptors (Lipinski definition) is 3. The molecule has 0 saturated carbocycles. The molecule has 0 aromatic heterocycles. The Balaban J connectivity index is 3.39. The molecule has 0 atom stereocenters. The fourth-order valence-electron chi connectivity index (χ4n) is 1.84. The van der Waals surface area contributed by atoms with E-state index in [0.29, 0.717) is 29.9 Å². The first-order valence-electron chi connectivity index (χ1n) is 5.96. The topological polar surface area (TPSA) is 52.6 Å². The number of benzene rings is 1. The van der Waals surface area contributed by atoms with Crippen molar-refractivity contribution in [1.82, 2.24) is 4.90 Å². The van der Waals surface area contributed by atoms with Crippen LogP contribution >= 0.6 is 11.6 Å². The molecule has 1 rings (SSSR count). The minimum absolute atomic E-state index is 0.0360. The van der Waals surface area contributed by atoms with Gasteiger partial charge in [-0.15, -0.1) is 0 Å². The van der Waals surface area contributed by atoms with Crippen LogP contribution in [0.2, 0.25) is 5.02 Å². The van der Waals surface area contributed by atoms with Crippen molar-refractivity contribution in [2.45, 2.75) is 20.8 Å². The van der Waals surface area contributed by atoms with Gasteiger partial charge in [-0.05, 0) is 32.4 Å². The summed E-state index contributed by atoms with van der Waals surface area (Å²) in [4.78, 5) is 14.0. The van der Waals surface area contributed by atoms with E-state index in [2.05, 4.69) is 5.32 Å². The Morgan fingerprint density at radius 3 is 2.44 bits per heavy atom. The molecule has 18 heavy (non-hydrogen) atoms. The molecule has 2 N–H and O–H groups in total. The van der Waals surface area contributed by atoms with Crippen molar-refractivity contribution in [3.63, 3.8) is 0 Å². The third-order valence-corrected chi connectivity index (χ3v) is 3.33. The Morgan fingerprint density at radius 2 is 2.00 bits per heavy atom. The molecule has 0 saturated heterocycles. The Bertz CT molecular complexity index is 457. The van der Waals surface area contributed by atoms with Gasteiger partial charge >= 0.3 is 0 Å². The maximum Gasteiger partial charge on any atom is 0.257 e. The molecule has 0 aliphatic heterocycles. The monoisotopic (exact) mass is 270 g/mol. The minimum atomic E-state index is -0.176. The summed E-state index contributed by atoms with van der Waals surface area (Å²) in [6.45, 7) is 6.76. The van der Waals surface area contributed by atoms with Gasteiger partial charge in [-0.3, -0.25) is 4.79 Å². The number of nitrogens with zero attached hydrogens (tertiary/aromatic N) is 1. The number of phenolic OH excluding ortho intramolecular Hbond substituents is 1. The van der Waals surface area contributed by atoms with Gasteiger partial charge in [-0.25, -0.2) is 0 Å². The fraction of sp³-hybridized carbons (Fsp3) is 0.462. The zero-order valence-corrected chi connectivity index (χ0v) is 11.9. The summed E-state index contributed by atoms with van der Waals surface area (Å²) in [6, 6.07) is 1.72. The molecule has 1 aromatic rings. The van der Waals surface area contributed by atoms with Gasteiger partial charge in [0.2, 0.25) is 0 Å². The van der Waals surface area contributed by atoms with Gasteiger partial charge in [0, 0.05) is 25.8 Å². The molecule has 5 heteroatoms. The zero-order chi connectivity index (χ0) is 13.9. The number of halogens is 1. The number of aryl methyl sites for hydroxylation is 1. The van der Waals surface area contributed by atoms with Crippen LogP contribution < -0.4 is 5.32 Å². The van der Waals surface area contributed by atoms with E-state index in [1.54, 1.807) is 24.9 Å². The SMILES string of the molecule is CCN(CC)C(=O)c1c(NC)cc(C)c(O)c1Cl. The van der Waals surface area contributed by atoms with E-state index in [4.69, 9.17) is 11.6 Å². The summed E-state index contributed by atoms with van der Waals surface area (Å²) in [6.07, 6.45) is 0. The van der Waals surface area contributed by atoms with Gasteiger partial charge in [0.05, 0.1) is 10.6 Å². The Hall–Kier alpha value is -1.42. The first-order chi connectivity index (χ1) is 8.47. The molecular formula is C13H19ClN2O2. The number of anilines is 1. The number of hydrogen-bond donors (Lipinski definition) is 2. The normalized spacial score (nSPS) is 10.3. The average Bonchev–Trinajstić information content (AvgIpc) is 2.36. The highest BCUT2D eigenvalue weighted by atomic mass is 35.5. The maximum atomic E-state index is 12.4. The maximum absolute atomic E-state index is 12.4. The summed E-state index contributed by atoms with van der Waals surface area (Å²) in [5.74, 6) is -0.212. The third-order valence-electron chi connectivity index (χ3n) is 2.96. The summed E-state index contributed by atoms with van der Waals surface area (Å²) < 4.78 is 0. The largest absolute Gasteiger partial charge is 0.506 e. The molecule has 0 heterocycles. The first-order valence-corrected chi connectivity index (χ1v) is 6.34. The summed E-state index contributed by atoms with van der Waals surface area (Å²) >= 11 is 6.10. The lowest BCUT2D eigenvalue weighted by Crippen LogP contribution is -2.31. The van der Waals surface area contributed by atoms with Crippen LogP contribution in [0.15, 0.2) is 6.07 Å². The van der Waals surface area contributed by atoms with Crippen LogP contribution in [-0.4, -0.2) is 36.1 Å². The van der Waals surface area contributed by atoms with E-state index in [-0.39, 0.29) is 16.7 Å². The van der Waals surface area contributed by atoms with Crippen LogP contribution in [0.5, 0.6) is 5.75 Å². The lowest BCUT2D eigenvalue weighted by atomic mass is 10.1. The number of phenols is 1. The summed E-state index contributed by atoms with van der Waals surface area (Å²) in [7, 11) is 1.72. The Labute approximate surface area is 113 Å².